The summed E-state index contributed by atoms with van der Waals surface area (Å²) in [5.74, 6) is 0.0932. The number of hydrogen-bond donors (Lipinski definition) is 0. The number of ether oxygens (including phenoxy) is 3. The monoisotopic (exact) mass is 447 g/mol. The summed E-state index contributed by atoms with van der Waals surface area (Å²) >= 11 is 0. The summed E-state index contributed by atoms with van der Waals surface area (Å²) in [6.45, 7) is 0.826. The van der Waals surface area contributed by atoms with Gasteiger partial charge in [0.05, 0.1) is 16.7 Å². The molecule has 1 aliphatic heterocycles. The van der Waals surface area contributed by atoms with Crippen LogP contribution in [0.4, 0.5) is 13.2 Å². The van der Waals surface area contributed by atoms with Crippen molar-refractivity contribution in [3.05, 3.63) is 75.6 Å². The van der Waals surface area contributed by atoms with Gasteiger partial charge >= 0.3 is 6.18 Å². The summed E-state index contributed by atoms with van der Waals surface area (Å²) < 4.78 is 59.4. The second-order valence-electron chi connectivity index (χ2n) is 7.93. The zero-order valence-corrected chi connectivity index (χ0v) is 17.9. The first kappa shape index (κ1) is 22.4. The number of nitrogens with zero attached hydrogens (tertiary/aromatic N) is 1. The third-order valence-electron chi connectivity index (χ3n) is 6.07. The van der Waals surface area contributed by atoms with E-state index in [0.29, 0.717) is 42.7 Å². The molecular formula is C24H24F3NO4. The Kier molecular flexibility index (Phi) is 6.01. The molecule has 170 valence electrons. The molecule has 0 saturated carbocycles. The van der Waals surface area contributed by atoms with Gasteiger partial charge in [-0.2, -0.15) is 13.2 Å². The lowest BCUT2D eigenvalue weighted by atomic mass is 9.85. The molecule has 1 aromatic heterocycles. The maximum absolute atomic E-state index is 13.7. The number of aromatic nitrogens is 1. The Labute approximate surface area is 183 Å². The van der Waals surface area contributed by atoms with Crippen LogP contribution in [0.3, 0.4) is 0 Å². The van der Waals surface area contributed by atoms with Gasteiger partial charge in [0.25, 0.3) is 5.56 Å². The van der Waals surface area contributed by atoms with E-state index in [-0.39, 0.29) is 17.9 Å². The average molecular weight is 447 g/mol. The highest BCUT2D eigenvalue weighted by Crippen LogP contribution is 2.41. The van der Waals surface area contributed by atoms with Crippen LogP contribution in [-0.4, -0.2) is 24.9 Å². The molecule has 0 spiro atoms. The maximum Gasteiger partial charge on any atom is 0.416 e. The van der Waals surface area contributed by atoms with Crippen molar-refractivity contribution in [3.63, 3.8) is 0 Å². The quantitative estimate of drug-likeness (QED) is 0.565. The highest BCUT2D eigenvalue weighted by atomic mass is 19.4. The highest BCUT2D eigenvalue weighted by Gasteiger charge is 2.38. The average Bonchev–Trinajstić information content (AvgIpc) is 2.79. The van der Waals surface area contributed by atoms with Crippen molar-refractivity contribution < 1.29 is 27.4 Å². The topological polar surface area (TPSA) is 49.7 Å². The van der Waals surface area contributed by atoms with Crippen LogP contribution in [0.5, 0.6) is 5.75 Å². The lowest BCUT2D eigenvalue weighted by Crippen LogP contribution is -2.35. The van der Waals surface area contributed by atoms with Gasteiger partial charge in [-0.05, 0) is 35.2 Å². The first-order valence-corrected chi connectivity index (χ1v) is 10.3. The molecule has 0 N–H and O–H groups in total. The summed E-state index contributed by atoms with van der Waals surface area (Å²) in [5.41, 5.74) is -0.0234. The minimum absolute atomic E-state index is 0.0124. The van der Waals surface area contributed by atoms with Gasteiger partial charge in [-0.15, -0.1) is 0 Å². The number of aryl methyl sites for hydroxylation is 1. The number of para-hydroxylation sites is 1. The summed E-state index contributed by atoms with van der Waals surface area (Å²) in [7, 11) is 3.16. The van der Waals surface area contributed by atoms with Crippen LogP contribution in [0.15, 0.2) is 53.3 Å². The number of methoxy groups -OCH3 is 1. The normalized spacial score (nSPS) is 16.3. The number of rotatable bonds is 5. The Balaban J connectivity index is 1.72. The van der Waals surface area contributed by atoms with Crippen molar-refractivity contribution in [2.45, 2.75) is 31.2 Å². The second-order valence-corrected chi connectivity index (χ2v) is 7.93. The van der Waals surface area contributed by atoms with Crippen molar-refractivity contribution in [3.8, 4) is 5.75 Å². The van der Waals surface area contributed by atoms with E-state index in [2.05, 4.69) is 0 Å². The van der Waals surface area contributed by atoms with Crippen molar-refractivity contribution >= 4 is 10.9 Å². The lowest BCUT2D eigenvalue weighted by Gasteiger charge is -2.37. The number of benzene rings is 2. The molecule has 8 heteroatoms. The molecule has 0 unspecified atom stereocenters. The minimum atomic E-state index is -4.53. The largest absolute Gasteiger partial charge is 0.489 e. The van der Waals surface area contributed by atoms with Crippen LogP contribution in [0.2, 0.25) is 0 Å². The van der Waals surface area contributed by atoms with E-state index in [1.807, 2.05) is 12.1 Å². The van der Waals surface area contributed by atoms with Crippen molar-refractivity contribution in [2.75, 3.05) is 20.3 Å². The minimum Gasteiger partial charge on any atom is -0.489 e. The summed E-state index contributed by atoms with van der Waals surface area (Å²) in [6, 6.07) is 12.4. The smallest absolute Gasteiger partial charge is 0.416 e. The molecule has 0 aliphatic carbocycles. The molecule has 2 heterocycles. The molecule has 3 aromatic rings. The predicted octanol–water partition coefficient (Wildman–Crippen LogP) is 4.79. The first-order valence-electron chi connectivity index (χ1n) is 10.3. The summed E-state index contributed by atoms with van der Waals surface area (Å²) in [4.78, 5) is 12.1. The van der Waals surface area contributed by atoms with Gasteiger partial charge in [-0.3, -0.25) is 4.79 Å². The summed E-state index contributed by atoms with van der Waals surface area (Å²) in [5, 5.41) is 0.846. The Morgan fingerprint density at radius 1 is 1.09 bits per heavy atom. The molecule has 1 aliphatic rings. The van der Waals surface area contributed by atoms with E-state index in [9.17, 15) is 18.0 Å². The molecule has 1 saturated heterocycles. The fourth-order valence-electron chi connectivity index (χ4n) is 4.24. The van der Waals surface area contributed by atoms with Crippen molar-refractivity contribution in [2.24, 2.45) is 7.05 Å². The van der Waals surface area contributed by atoms with Gasteiger partial charge in [-0.25, -0.2) is 0 Å². The number of fused-ring (bicyclic) bond motifs is 1. The van der Waals surface area contributed by atoms with Crippen LogP contribution >= 0.6 is 0 Å². The molecule has 0 radical (unpaired) electrons. The third kappa shape index (κ3) is 4.25. The van der Waals surface area contributed by atoms with Gasteiger partial charge < -0.3 is 18.8 Å². The molecule has 0 amide bonds. The zero-order chi connectivity index (χ0) is 22.9. The standard InChI is InChI=1S/C24H24F3NO4/c1-28-21(29)7-6-16-4-3-5-17(22(16)28)15-32-20-13-18(12-19(14-20)24(25,26)27)23(30-2)8-10-31-11-9-23/h3-7,12-14H,8-11,15H2,1-2H3. The third-order valence-corrected chi connectivity index (χ3v) is 6.07. The Morgan fingerprint density at radius 2 is 1.84 bits per heavy atom. The molecule has 0 bridgehead atoms. The lowest BCUT2D eigenvalue weighted by molar-refractivity contribution is -0.138. The van der Waals surface area contributed by atoms with Gasteiger partial charge in [0.1, 0.15) is 12.4 Å². The number of hydrogen-bond acceptors (Lipinski definition) is 4. The van der Waals surface area contributed by atoms with Crippen molar-refractivity contribution in [1.29, 1.82) is 0 Å². The Bertz CT molecular complexity index is 1180. The van der Waals surface area contributed by atoms with Crippen LogP contribution in [0.1, 0.15) is 29.5 Å². The van der Waals surface area contributed by atoms with E-state index in [1.54, 1.807) is 25.2 Å². The molecule has 2 aromatic carbocycles. The van der Waals surface area contributed by atoms with E-state index >= 15 is 0 Å². The highest BCUT2D eigenvalue weighted by molar-refractivity contribution is 5.82. The van der Waals surface area contributed by atoms with Gasteiger partial charge in [0.15, 0.2) is 0 Å². The van der Waals surface area contributed by atoms with E-state index in [4.69, 9.17) is 14.2 Å². The summed E-state index contributed by atoms with van der Waals surface area (Å²) in [6.07, 6.45) is -3.62. The van der Waals surface area contributed by atoms with Crippen LogP contribution in [0, 0.1) is 0 Å². The Morgan fingerprint density at radius 3 is 2.53 bits per heavy atom. The predicted molar refractivity (Wildman–Crippen MR) is 114 cm³/mol. The molecule has 5 nitrogen and oxygen atoms in total. The Hall–Kier alpha value is -2.84. The van der Waals surface area contributed by atoms with Crippen LogP contribution < -0.4 is 10.3 Å². The van der Waals surface area contributed by atoms with Crippen LogP contribution in [-0.2, 0) is 34.9 Å². The van der Waals surface area contributed by atoms with Crippen LogP contribution in [0.25, 0.3) is 10.9 Å². The molecule has 4 rings (SSSR count). The van der Waals surface area contributed by atoms with E-state index < -0.39 is 17.3 Å². The first-order chi connectivity index (χ1) is 15.2. The fourth-order valence-corrected chi connectivity index (χ4v) is 4.24. The van der Waals surface area contributed by atoms with Gasteiger partial charge in [-0.1, -0.05) is 18.2 Å². The van der Waals surface area contributed by atoms with Crippen molar-refractivity contribution in [1.82, 2.24) is 4.57 Å². The molecule has 1 fully saturated rings. The van der Waals surface area contributed by atoms with Gasteiger partial charge in [0, 0.05) is 51.8 Å². The van der Waals surface area contributed by atoms with Gasteiger partial charge in [0.2, 0.25) is 0 Å². The second kappa shape index (κ2) is 8.60. The van der Waals surface area contributed by atoms with E-state index in [0.717, 1.165) is 17.5 Å². The fraction of sp³-hybridized carbons (Fsp3) is 0.375. The number of halogens is 3. The number of alkyl halides is 3. The SMILES string of the molecule is COC1(c2cc(OCc3cccc4ccc(=O)n(C)c34)cc(C(F)(F)F)c2)CCOCC1. The number of pyridine rings is 1. The zero-order valence-electron chi connectivity index (χ0n) is 17.9. The molecular weight excluding hydrogens is 423 g/mol. The molecule has 32 heavy (non-hydrogen) atoms. The molecule has 0 atom stereocenters. The van der Waals surface area contributed by atoms with E-state index in [1.165, 1.54) is 17.7 Å². The maximum atomic E-state index is 13.7.